The number of aliphatic hydroxyl groups excluding tert-OH is 1. The maximum absolute atomic E-state index is 13.5. The molecule has 2 aromatic carbocycles. The van der Waals surface area contributed by atoms with E-state index in [2.05, 4.69) is 25.3 Å². The first-order chi connectivity index (χ1) is 16.6. The van der Waals surface area contributed by atoms with E-state index in [1.165, 1.54) is 0 Å². The van der Waals surface area contributed by atoms with Gasteiger partial charge in [0.25, 0.3) is 0 Å². The number of nitrogens with zero attached hydrogens (tertiary/aromatic N) is 4. The smallest absolute Gasteiger partial charge is 0.238 e. The number of amides is 1. The maximum Gasteiger partial charge on any atom is 0.238 e. The van der Waals surface area contributed by atoms with Crippen LogP contribution in [0.5, 0.6) is 5.75 Å². The van der Waals surface area contributed by atoms with Gasteiger partial charge in [-0.3, -0.25) is 19.4 Å². The van der Waals surface area contributed by atoms with Crippen molar-refractivity contribution in [1.82, 2.24) is 9.80 Å². The fourth-order valence-electron chi connectivity index (χ4n) is 4.76. The molecule has 1 amide bonds. The third-order valence-corrected chi connectivity index (χ3v) is 6.55. The minimum atomic E-state index is -0.448. The van der Waals surface area contributed by atoms with Gasteiger partial charge in [0.1, 0.15) is 17.5 Å². The van der Waals surface area contributed by atoms with E-state index < -0.39 is 6.04 Å². The van der Waals surface area contributed by atoms with E-state index >= 15 is 0 Å². The van der Waals surface area contributed by atoms with Crippen molar-refractivity contribution in [2.75, 3.05) is 58.3 Å². The average Bonchev–Trinajstić information content (AvgIpc) is 3.41. The van der Waals surface area contributed by atoms with Crippen molar-refractivity contribution < 1.29 is 19.4 Å². The molecule has 0 aromatic heterocycles. The van der Waals surface area contributed by atoms with Gasteiger partial charge in [0.2, 0.25) is 5.91 Å². The minimum Gasteiger partial charge on any atom is -0.497 e. The summed E-state index contributed by atoms with van der Waals surface area (Å²) in [5, 5.41) is 20.7. The number of β-amino-alcohol motifs (C(OH)–C–C–N with tert-alkyl or cyclic N) is 1. The number of methoxy groups -OCH3 is 1. The Balaban J connectivity index is 1.33. The number of carbonyl (C=O) groups excluding carboxylic acids is 2. The molecule has 2 aromatic rings. The molecule has 9 nitrogen and oxygen atoms in total. The Morgan fingerprint density at radius 3 is 2.56 bits per heavy atom. The fraction of sp³-hybridized carbons (Fsp3) is 0.360. The van der Waals surface area contributed by atoms with Gasteiger partial charge in [-0.25, -0.2) is 0 Å². The number of aliphatic hydroxyl groups is 1. The van der Waals surface area contributed by atoms with Crippen LogP contribution < -0.4 is 10.1 Å². The zero-order valence-electron chi connectivity index (χ0n) is 19.0. The standard InChI is InChI=1S/C25H27N5O4/c1-34-17-7-5-16(6-8-17)23-22-24(28-27-23)18-3-2-4-19(21(18)25(22)33)26-20(32)15-30-11-9-29(10-12-30)13-14-31/h2-8,24,31H,9-15H2,1H3,(H,26,32). The number of azo groups is 1. The third-order valence-electron chi connectivity index (χ3n) is 6.55. The topological polar surface area (TPSA) is 107 Å². The van der Waals surface area contributed by atoms with Crippen molar-refractivity contribution >= 4 is 23.1 Å². The summed E-state index contributed by atoms with van der Waals surface area (Å²) >= 11 is 0. The van der Waals surface area contributed by atoms with Crippen LogP contribution in [-0.4, -0.2) is 79.6 Å². The lowest BCUT2D eigenvalue weighted by atomic mass is 10.0. The third kappa shape index (κ3) is 4.13. The number of fused-ring (bicyclic) bond motifs is 3. The van der Waals surface area contributed by atoms with E-state index in [1.807, 2.05) is 36.4 Å². The van der Waals surface area contributed by atoms with Gasteiger partial charge in [-0.15, -0.1) is 0 Å². The Bertz CT molecular complexity index is 1170. The highest BCUT2D eigenvalue weighted by Crippen LogP contribution is 2.49. The van der Waals surface area contributed by atoms with Gasteiger partial charge < -0.3 is 15.2 Å². The Kier molecular flexibility index (Phi) is 6.23. The van der Waals surface area contributed by atoms with Crippen LogP contribution in [-0.2, 0) is 4.79 Å². The molecule has 1 saturated heterocycles. The van der Waals surface area contributed by atoms with Crippen LogP contribution in [0.15, 0.2) is 58.3 Å². The Hall–Kier alpha value is -3.40. The summed E-state index contributed by atoms with van der Waals surface area (Å²) in [4.78, 5) is 30.6. The van der Waals surface area contributed by atoms with E-state index in [-0.39, 0.29) is 24.8 Å². The lowest BCUT2D eigenvalue weighted by Crippen LogP contribution is -2.49. The molecule has 3 aliphatic rings. The van der Waals surface area contributed by atoms with Crippen LogP contribution in [0.1, 0.15) is 27.5 Å². The largest absolute Gasteiger partial charge is 0.497 e. The highest BCUT2D eigenvalue weighted by atomic mass is 16.5. The van der Waals surface area contributed by atoms with Crippen molar-refractivity contribution in [2.24, 2.45) is 10.2 Å². The molecule has 0 spiro atoms. The number of nitrogens with one attached hydrogen (secondary N) is 1. The Labute approximate surface area is 197 Å². The summed E-state index contributed by atoms with van der Waals surface area (Å²) in [6.45, 7) is 4.23. The molecular formula is C25H27N5O4. The number of rotatable bonds is 7. The second-order valence-electron chi connectivity index (χ2n) is 8.60. The van der Waals surface area contributed by atoms with E-state index in [4.69, 9.17) is 9.84 Å². The first-order valence-electron chi connectivity index (χ1n) is 11.4. The molecule has 34 heavy (non-hydrogen) atoms. The predicted octanol–water partition coefficient (Wildman–Crippen LogP) is 2.36. The molecule has 0 bridgehead atoms. The van der Waals surface area contributed by atoms with Crippen molar-refractivity contribution in [3.8, 4) is 5.75 Å². The van der Waals surface area contributed by atoms with Crippen molar-refractivity contribution in [3.63, 3.8) is 0 Å². The minimum absolute atomic E-state index is 0.144. The van der Waals surface area contributed by atoms with Crippen molar-refractivity contribution in [2.45, 2.75) is 6.04 Å². The van der Waals surface area contributed by atoms with Gasteiger partial charge in [0.15, 0.2) is 5.78 Å². The van der Waals surface area contributed by atoms with Crippen LogP contribution in [0.3, 0.4) is 0 Å². The summed E-state index contributed by atoms with van der Waals surface area (Å²) in [6.07, 6.45) is 0. The number of hydrogen-bond donors (Lipinski definition) is 2. The molecule has 9 heteroatoms. The second-order valence-corrected chi connectivity index (χ2v) is 8.60. The van der Waals surface area contributed by atoms with Crippen LogP contribution in [0.2, 0.25) is 0 Å². The zero-order chi connectivity index (χ0) is 23.7. The first-order valence-corrected chi connectivity index (χ1v) is 11.4. The number of carbonyl (C=O) groups is 2. The maximum atomic E-state index is 13.5. The van der Waals surface area contributed by atoms with Crippen molar-refractivity contribution in [3.05, 3.63) is 64.7 Å². The highest BCUT2D eigenvalue weighted by molar-refractivity contribution is 6.22. The summed E-state index contributed by atoms with van der Waals surface area (Å²) in [5.41, 5.74) is 3.68. The lowest BCUT2D eigenvalue weighted by Gasteiger charge is -2.33. The molecule has 0 radical (unpaired) electrons. The van der Waals surface area contributed by atoms with Crippen molar-refractivity contribution in [1.29, 1.82) is 0 Å². The first kappa shape index (κ1) is 22.4. The summed E-state index contributed by atoms with van der Waals surface area (Å²) in [5.74, 6) is 0.422. The number of hydrogen-bond acceptors (Lipinski definition) is 8. The van der Waals surface area contributed by atoms with Crippen LogP contribution in [0.4, 0.5) is 5.69 Å². The molecule has 5 rings (SSSR count). The predicted molar refractivity (Wildman–Crippen MR) is 127 cm³/mol. The molecule has 1 fully saturated rings. The summed E-state index contributed by atoms with van der Waals surface area (Å²) < 4.78 is 5.22. The van der Waals surface area contributed by atoms with E-state index in [0.717, 1.165) is 43.1 Å². The molecule has 1 atom stereocenters. The zero-order valence-corrected chi connectivity index (χ0v) is 19.0. The number of Topliss-reactive ketones (excluding diaryl/α,β-unsaturated/α-hetero) is 1. The normalized spacial score (nSPS) is 19.9. The molecule has 1 aliphatic carbocycles. The van der Waals surface area contributed by atoms with Crippen LogP contribution in [0.25, 0.3) is 5.70 Å². The molecule has 0 saturated carbocycles. The number of benzene rings is 2. The van der Waals surface area contributed by atoms with Gasteiger partial charge in [-0.1, -0.05) is 12.1 Å². The number of ether oxygens (including phenoxy) is 1. The van der Waals surface area contributed by atoms with Gasteiger partial charge in [-0.05, 0) is 35.9 Å². The number of piperazine rings is 1. The van der Waals surface area contributed by atoms with Gasteiger partial charge in [0.05, 0.1) is 37.1 Å². The number of anilines is 1. The second kappa shape index (κ2) is 9.46. The lowest BCUT2D eigenvalue weighted by molar-refractivity contribution is -0.117. The van der Waals surface area contributed by atoms with Gasteiger partial charge in [0, 0.05) is 38.3 Å². The van der Waals surface area contributed by atoms with Gasteiger partial charge >= 0.3 is 0 Å². The fourth-order valence-corrected chi connectivity index (χ4v) is 4.76. The van der Waals surface area contributed by atoms with E-state index in [0.29, 0.717) is 29.1 Å². The van der Waals surface area contributed by atoms with Crippen LogP contribution in [0, 0.1) is 0 Å². The Morgan fingerprint density at radius 1 is 1.12 bits per heavy atom. The monoisotopic (exact) mass is 461 g/mol. The van der Waals surface area contributed by atoms with Gasteiger partial charge in [-0.2, -0.15) is 10.2 Å². The molecule has 2 N–H and O–H groups in total. The SMILES string of the molecule is COc1ccc(C2=C3C(=O)c4c(NC(=O)CN5CCN(CCO)CC5)cccc4C3N=N2)cc1. The molecule has 2 aliphatic heterocycles. The molecule has 1 unspecified atom stereocenters. The summed E-state index contributed by atoms with van der Waals surface area (Å²) in [7, 11) is 1.60. The number of ketones is 1. The van der Waals surface area contributed by atoms with E-state index in [9.17, 15) is 9.59 Å². The summed E-state index contributed by atoms with van der Waals surface area (Å²) in [6, 6.07) is 12.4. The quantitative estimate of drug-likeness (QED) is 0.656. The molecule has 176 valence electrons. The molecule has 2 heterocycles. The average molecular weight is 462 g/mol. The van der Waals surface area contributed by atoms with E-state index in [1.54, 1.807) is 13.2 Å². The molecular weight excluding hydrogens is 434 g/mol. The van der Waals surface area contributed by atoms with Crippen LogP contribution >= 0.6 is 0 Å². The Morgan fingerprint density at radius 2 is 1.85 bits per heavy atom. The highest BCUT2D eigenvalue weighted by Gasteiger charge is 2.42.